The largest absolute Gasteiger partial charge is 0.360 e. The maximum atomic E-state index is 13.1. The van der Waals surface area contributed by atoms with Crippen molar-refractivity contribution >= 4 is 22.6 Å². The molecule has 2 N–H and O–H groups in total. The average molecular weight is 433 g/mol. The van der Waals surface area contributed by atoms with E-state index in [1.54, 1.807) is 0 Å². The molecule has 4 heterocycles. The van der Waals surface area contributed by atoms with Crippen molar-refractivity contribution in [1.29, 1.82) is 0 Å². The fourth-order valence-electron chi connectivity index (χ4n) is 5.78. The predicted octanol–water partition coefficient (Wildman–Crippen LogP) is 4.03. The van der Waals surface area contributed by atoms with Gasteiger partial charge in [0.15, 0.2) is 11.3 Å². The number of amides is 1. The molecule has 4 atom stereocenters. The van der Waals surface area contributed by atoms with E-state index in [2.05, 4.69) is 38.7 Å². The number of hydrogen-bond acceptors (Lipinski definition) is 5. The zero-order valence-corrected chi connectivity index (χ0v) is 18.5. The first kappa shape index (κ1) is 19.5. The van der Waals surface area contributed by atoms with Crippen molar-refractivity contribution in [2.45, 2.75) is 64.3 Å². The molecule has 2 aliphatic rings. The fourth-order valence-corrected chi connectivity index (χ4v) is 5.78. The molecule has 1 fully saturated rings. The molecule has 1 unspecified atom stereocenters. The zero-order chi connectivity index (χ0) is 21.8. The first-order chi connectivity index (χ1) is 15.6. The molecule has 8 heteroatoms. The molecule has 0 aromatic carbocycles. The van der Waals surface area contributed by atoms with Crippen molar-refractivity contribution in [3.8, 4) is 0 Å². The summed E-state index contributed by atoms with van der Waals surface area (Å²) < 4.78 is 7.71. The van der Waals surface area contributed by atoms with Crippen molar-refractivity contribution in [3.05, 3.63) is 47.5 Å². The number of hydrogen-bond donors (Lipinski definition) is 2. The molecule has 4 aromatic rings. The van der Waals surface area contributed by atoms with Crippen LogP contribution in [-0.2, 0) is 12.8 Å². The van der Waals surface area contributed by atoms with Crippen molar-refractivity contribution in [1.82, 2.24) is 29.8 Å². The maximum absolute atomic E-state index is 13.1. The molecular formula is C24H28N6O2. The third-order valence-corrected chi connectivity index (χ3v) is 7.47. The number of carbonyl (C=O) groups excluding carboxylic acids is 1. The molecule has 0 spiro atoms. The maximum Gasteiger partial charge on any atom is 0.273 e. The number of aromatic amines is 1. The summed E-state index contributed by atoms with van der Waals surface area (Å²) in [5.74, 6) is 3.14. The summed E-state index contributed by atoms with van der Waals surface area (Å²) in [5, 5.41) is 7.40. The molecular weight excluding hydrogens is 404 g/mol. The van der Waals surface area contributed by atoms with E-state index in [-0.39, 0.29) is 17.9 Å². The number of nitrogens with one attached hydrogen (secondary N) is 2. The van der Waals surface area contributed by atoms with Gasteiger partial charge in [0.25, 0.3) is 5.91 Å². The number of H-pyrrole nitrogens is 1. The van der Waals surface area contributed by atoms with Gasteiger partial charge in [0.1, 0.15) is 11.6 Å². The Morgan fingerprint density at radius 2 is 2.19 bits per heavy atom. The van der Waals surface area contributed by atoms with Crippen LogP contribution in [0.1, 0.15) is 73.1 Å². The number of imidazole rings is 1. The van der Waals surface area contributed by atoms with Crippen molar-refractivity contribution in [2.24, 2.45) is 11.8 Å². The van der Waals surface area contributed by atoms with Gasteiger partial charge >= 0.3 is 0 Å². The minimum Gasteiger partial charge on any atom is -0.360 e. The Kier molecular flexibility index (Phi) is 4.55. The average Bonchev–Trinajstić information content (AvgIpc) is 3.56. The van der Waals surface area contributed by atoms with E-state index < -0.39 is 0 Å². The number of rotatable bonds is 4. The van der Waals surface area contributed by atoms with Crippen LogP contribution in [0.3, 0.4) is 0 Å². The molecule has 0 saturated heterocycles. The quantitative estimate of drug-likeness (QED) is 0.507. The van der Waals surface area contributed by atoms with Gasteiger partial charge in [-0.1, -0.05) is 25.4 Å². The second-order valence-corrected chi connectivity index (χ2v) is 9.54. The summed E-state index contributed by atoms with van der Waals surface area (Å²) >= 11 is 0. The minimum absolute atomic E-state index is 0.0988. The highest BCUT2D eigenvalue weighted by molar-refractivity contribution is 5.94. The van der Waals surface area contributed by atoms with E-state index in [1.165, 1.54) is 0 Å². The highest BCUT2D eigenvalue weighted by Crippen LogP contribution is 2.42. The van der Waals surface area contributed by atoms with Crippen LogP contribution in [-0.4, -0.2) is 36.5 Å². The van der Waals surface area contributed by atoms with Crippen molar-refractivity contribution < 1.29 is 9.32 Å². The van der Waals surface area contributed by atoms with Crippen LogP contribution in [0.25, 0.3) is 16.7 Å². The lowest BCUT2D eigenvalue weighted by Gasteiger charge is -2.17. The van der Waals surface area contributed by atoms with Crippen LogP contribution in [0.2, 0.25) is 0 Å². The van der Waals surface area contributed by atoms with Gasteiger partial charge in [0.05, 0.1) is 23.4 Å². The normalized spacial score (nSPS) is 25.4. The SMILES string of the molecule is CC[C@@H]1C[C@H](NC(=O)c2noc3c2CC(C)CC3)C[C@@H]1c1ncc2cnc3[nH]ccc3n12. The number of fused-ring (bicyclic) bond motifs is 4. The molecule has 1 saturated carbocycles. The number of aryl methyl sites for hydroxylation is 1. The lowest BCUT2D eigenvalue weighted by molar-refractivity contribution is 0.0927. The molecule has 1 amide bonds. The Hall–Kier alpha value is -3.16. The third kappa shape index (κ3) is 3.04. The summed E-state index contributed by atoms with van der Waals surface area (Å²) in [5.41, 5.74) is 4.38. The lowest BCUT2D eigenvalue weighted by Crippen LogP contribution is -2.34. The first-order valence-corrected chi connectivity index (χ1v) is 11.7. The number of aromatic nitrogens is 5. The van der Waals surface area contributed by atoms with Gasteiger partial charge in [0.2, 0.25) is 0 Å². The van der Waals surface area contributed by atoms with Gasteiger partial charge < -0.3 is 14.8 Å². The Labute approximate surface area is 185 Å². The minimum atomic E-state index is -0.102. The molecule has 8 nitrogen and oxygen atoms in total. The molecule has 0 aliphatic heterocycles. The van der Waals surface area contributed by atoms with E-state index >= 15 is 0 Å². The summed E-state index contributed by atoms with van der Waals surface area (Å²) in [7, 11) is 0. The second kappa shape index (κ2) is 7.46. The Bertz CT molecular complexity index is 1300. The Morgan fingerprint density at radius 1 is 1.31 bits per heavy atom. The van der Waals surface area contributed by atoms with Crippen molar-refractivity contribution in [3.63, 3.8) is 0 Å². The Morgan fingerprint density at radius 3 is 3.06 bits per heavy atom. The summed E-state index contributed by atoms with van der Waals surface area (Å²) in [6.45, 7) is 4.44. The zero-order valence-electron chi connectivity index (χ0n) is 18.5. The van der Waals surface area contributed by atoms with E-state index in [0.29, 0.717) is 17.5 Å². The Balaban J connectivity index is 1.26. The summed E-state index contributed by atoms with van der Waals surface area (Å²) in [4.78, 5) is 25.6. The fraction of sp³-hybridized carbons (Fsp3) is 0.500. The molecule has 0 radical (unpaired) electrons. The van der Waals surface area contributed by atoms with Gasteiger partial charge in [-0.2, -0.15) is 0 Å². The van der Waals surface area contributed by atoms with Crippen LogP contribution < -0.4 is 5.32 Å². The van der Waals surface area contributed by atoms with Gasteiger partial charge in [-0.3, -0.25) is 9.20 Å². The van der Waals surface area contributed by atoms with Gasteiger partial charge in [-0.25, -0.2) is 9.97 Å². The van der Waals surface area contributed by atoms with Crippen LogP contribution in [0.4, 0.5) is 0 Å². The van der Waals surface area contributed by atoms with E-state index in [9.17, 15) is 4.79 Å². The van der Waals surface area contributed by atoms with Crippen molar-refractivity contribution in [2.75, 3.05) is 0 Å². The van der Waals surface area contributed by atoms with Crippen LogP contribution >= 0.6 is 0 Å². The highest BCUT2D eigenvalue weighted by atomic mass is 16.5. The molecule has 32 heavy (non-hydrogen) atoms. The van der Waals surface area contributed by atoms with Gasteiger partial charge in [-0.15, -0.1) is 0 Å². The molecule has 166 valence electrons. The van der Waals surface area contributed by atoms with E-state index in [4.69, 9.17) is 9.51 Å². The lowest BCUT2D eigenvalue weighted by atomic mass is 9.88. The second-order valence-electron chi connectivity index (χ2n) is 9.54. The van der Waals surface area contributed by atoms with Crippen LogP contribution in [0.5, 0.6) is 0 Å². The van der Waals surface area contributed by atoms with Crippen LogP contribution in [0.15, 0.2) is 29.2 Å². The molecule has 2 aliphatic carbocycles. The first-order valence-electron chi connectivity index (χ1n) is 11.7. The summed E-state index contributed by atoms with van der Waals surface area (Å²) in [6, 6.07) is 2.14. The standard InChI is InChI=1S/C24H28N6O2/c1-3-14-9-15(28-24(31)21-18-8-13(2)4-5-20(18)32-29-21)10-17(14)23-27-12-16-11-26-22-19(30(16)23)6-7-25-22/h6-7,11-15,17,25H,3-5,8-10H2,1-2H3,(H,28,31)/t13?,14-,15+,17+/m1/s1. The topological polar surface area (TPSA) is 101 Å². The number of nitrogens with zero attached hydrogens (tertiary/aromatic N) is 4. The molecule has 6 rings (SSSR count). The molecule has 4 aromatic heterocycles. The van der Waals surface area contributed by atoms with Gasteiger partial charge in [0, 0.05) is 30.1 Å². The highest BCUT2D eigenvalue weighted by Gasteiger charge is 2.38. The smallest absolute Gasteiger partial charge is 0.273 e. The number of carbonyl (C=O) groups is 1. The van der Waals surface area contributed by atoms with Gasteiger partial charge in [-0.05, 0) is 43.6 Å². The van der Waals surface area contributed by atoms with E-state index in [0.717, 1.165) is 72.4 Å². The third-order valence-electron chi connectivity index (χ3n) is 7.47. The predicted molar refractivity (Wildman–Crippen MR) is 120 cm³/mol. The molecule has 0 bridgehead atoms. The van der Waals surface area contributed by atoms with Crippen LogP contribution in [0, 0.1) is 11.8 Å². The monoisotopic (exact) mass is 432 g/mol. The van der Waals surface area contributed by atoms with E-state index in [1.807, 2.05) is 24.7 Å². The summed E-state index contributed by atoms with van der Waals surface area (Å²) in [6.07, 6.45) is 11.4.